The van der Waals surface area contributed by atoms with E-state index in [-0.39, 0.29) is 11.5 Å². The molecule has 0 unspecified atom stereocenters. The molecule has 0 aliphatic carbocycles. The van der Waals surface area contributed by atoms with Gasteiger partial charge in [-0.15, -0.1) is 0 Å². The fourth-order valence-electron chi connectivity index (χ4n) is 1.63. The van der Waals surface area contributed by atoms with Crippen LogP contribution in [0.4, 0.5) is 17.3 Å². The summed E-state index contributed by atoms with van der Waals surface area (Å²) in [4.78, 5) is 14.5. The maximum absolute atomic E-state index is 11.0. The molecule has 4 N–H and O–H groups in total. The highest BCUT2D eigenvalue weighted by Gasteiger charge is 2.15. The summed E-state index contributed by atoms with van der Waals surface area (Å²) in [6.45, 7) is 0.406. The van der Waals surface area contributed by atoms with E-state index in [4.69, 9.17) is 5.84 Å². The zero-order valence-electron chi connectivity index (χ0n) is 10.3. The molecule has 0 atom stereocenters. The molecular weight excluding hydrogens is 326 g/mol. The van der Waals surface area contributed by atoms with Crippen molar-refractivity contribution in [2.75, 3.05) is 10.7 Å². The largest absolute Gasteiger partial charge is 0.360 e. The van der Waals surface area contributed by atoms with Gasteiger partial charge in [-0.1, -0.05) is 34.1 Å². The lowest BCUT2D eigenvalue weighted by molar-refractivity contribution is -0.384. The van der Waals surface area contributed by atoms with E-state index in [1.807, 2.05) is 24.3 Å². The third kappa shape index (κ3) is 3.22. The van der Waals surface area contributed by atoms with Crippen molar-refractivity contribution in [1.82, 2.24) is 4.98 Å². The van der Waals surface area contributed by atoms with Gasteiger partial charge in [0.25, 0.3) is 0 Å². The number of nitrogen functional groups attached to an aromatic ring is 1. The number of halogens is 1. The van der Waals surface area contributed by atoms with Gasteiger partial charge in [-0.3, -0.25) is 10.1 Å². The topological polar surface area (TPSA) is 106 Å². The molecule has 1 aromatic heterocycles. The minimum absolute atomic E-state index is 0.101. The number of benzene rings is 1. The summed E-state index contributed by atoms with van der Waals surface area (Å²) in [5.74, 6) is 5.78. The normalized spacial score (nSPS) is 10.1. The third-order valence-corrected chi connectivity index (χ3v) is 3.40. The van der Waals surface area contributed by atoms with Crippen molar-refractivity contribution >= 4 is 33.3 Å². The fraction of sp³-hybridized carbons (Fsp3) is 0.0833. The van der Waals surface area contributed by atoms with Crippen LogP contribution in [-0.4, -0.2) is 9.91 Å². The van der Waals surface area contributed by atoms with E-state index in [0.717, 1.165) is 10.0 Å². The van der Waals surface area contributed by atoms with E-state index in [0.29, 0.717) is 12.4 Å². The Morgan fingerprint density at radius 1 is 1.30 bits per heavy atom. The molecule has 20 heavy (non-hydrogen) atoms. The average Bonchev–Trinajstić information content (AvgIpc) is 2.46. The van der Waals surface area contributed by atoms with Gasteiger partial charge in [0.2, 0.25) is 5.82 Å². The van der Waals surface area contributed by atoms with Crippen LogP contribution >= 0.6 is 15.9 Å². The van der Waals surface area contributed by atoms with Crippen molar-refractivity contribution in [1.29, 1.82) is 0 Å². The minimum Gasteiger partial charge on any atom is -0.360 e. The molecule has 0 aliphatic heterocycles. The maximum atomic E-state index is 11.0. The van der Waals surface area contributed by atoms with Crippen molar-refractivity contribution in [2.24, 2.45) is 5.84 Å². The molecule has 0 aliphatic rings. The van der Waals surface area contributed by atoms with Crippen molar-refractivity contribution < 1.29 is 4.92 Å². The van der Waals surface area contributed by atoms with Gasteiger partial charge in [-0.25, -0.2) is 10.8 Å². The first kappa shape index (κ1) is 14.2. The quantitative estimate of drug-likeness (QED) is 0.440. The smallest absolute Gasteiger partial charge is 0.311 e. The number of hydrogen-bond acceptors (Lipinski definition) is 6. The number of nitro groups is 1. The molecule has 0 spiro atoms. The van der Waals surface area contributed by atoms with Gasteiger partial charge < -0.3 is 10.7 Å². The first-order chi connectivity index (χ1) is 9.61. The minimum atomic E-state index is -0.490. The number of aromatic nitrogens is 1. The lowest BCUT2D eigenvalue weighted by atomic mass is 10.2. The molecule has 0 radical (unpaired) electrons. The van der Waals surface area contributed by atoms with E-state index in [2.05, 4.69) is 31.7 Å². The number of nitrogens with zero attached hydrogens (tertiary/aromatic N) is 2. The summed E-state index contributed by atoms with van der Waals surface area (Å²) in [6.07, 6.45) is 0. The van der Waals surface area contributed by atoms with Gasteiger partial charge in [0.05, 0.1) is 4.92 Å². The van der Waals surface area contributed by atoms with Gasteiger partial charge in [-0.05, 0) is 17.7 Å². The lowest BCUT2D eigenvalue weighted by Gasteiger charge is -2.09. The Labute approximate surface area is 123 Å². The van der Waals surface area contributed by atoms with Gasteiger partial charge in [0.1, 0.15) is 5.82 Å². The third-order valence-electron chi connectivity index (χ3n) is 2.62. The Bertz CT molecular complexity index is 635. The fourth-order valence-corrected chi connectivity index (χ4v) is 2.06. The highest BCUT2D eigenvalue weighted by molar-refractivity contribution is 9.10. The SMILES string of the molecule is NNc1ccc([N+](=O)[O-])c(NCc2ccccc2Br)n1. The number of rotatable bonds is 5. The molecule has 0 saturated heterocycles. The summed E-state index contributed by atoms with van der Waals surface area (Å²) < 4.78 is 0.920. The number of nitrogens with one attached hydrogen (secondary N) is 2. The van der Waals surface area contributed by atoms with E-state index in [1.54, 1.807) is 0 Å². The van der Waals surface area contributed by atoms with Crippen LogP contribution in [0.3, 0.4) is 0 Å². The van der Waals surface area contributed by atoms with Crippen LogP contribution in [0.1, 0.15) is 5.56 Å². The van der Waals surface area contributed by atoms with Gasteiger partial charge >= 0.3 is 5.69 Å². The van der Waals surface area contributed by atoms with E-state index >= 15 is 0 Å². The van der Waals surface area contributed by atoms with Crippen LogP contribution in [0, 0.1) is 10.1 Å². The number of pyridine rings is 1. The van der Waals surface area contributed by atoms with Gasteiger partial charge in [-0.2, -0.15) is 0 Å². The Kier molecular flexibility index (Phi) is 4.49. The van der Waals surface area contributed by atoms with Crippen LogP contribution in [0.15, 0.2) is 40.9 Å². The van der Waals surface area contributed by atoms with Crippen LogP contribution < -0.4 is 16.6 Å². The van der Waals surface area contributed by atoms with E-state index in [9.17, 15) is 10.1 Å². The van der Waals surface area contributed by atoms with Crippen LogP contribution in [0.2, 0.25) is 0 Å². The van der Waals surface area contributed by atoms with Crippen LogP contribution in [0.5, 0.6) is 0 Å². The standard InChI is InChI=1S/C12H12BrN5O2/c13-9-4-2-1-3-8(9)7-15-12-10(18(19)20)5-6-11(16-12)17-14/h1-6H,7,14H2,(H2,15,16,17). The zero-order chi connectivity index (χ0) is 14.5. The lowest BCUT2D eigenvalue weighted by Crippen LogP contribution is -2.11. The van der Waals surface area contributed by atoms with Crippen LogP contribution in [-0.2, 0) is 6.54 Å². The Morgan fingerprint density at radius 3 is 2.70 bits per heavy atom. The predicted octanol–water partition coefficient (Wildman–Crippen LogP) is 2.65. The summed E-state index contributed by atoms with van der Waals surface area (Å²) >= 11 is 3.42. The second kappa shape index (κ2) is 6.31. The number of hydrazine groups is 1. The average molecular weight is 338 g/mol. The summed E-state index contributed by atoms with van der Waals surface area (Å²) in [5.41, 5.74) is 3.23. The Hall–Kier alpha value is -2.19. The molecule has 0 bridgehead atoms. The molecule has 1 aromatic carbocycles. The number of hydrogen-bond donors (Lipinski definition) is 3. The molecular formula is C12H12BrN5O2. The number of nitrogens with two attached hydrogens (primary N) is 1. The van der Waals surface area contributed by atoms with E-state index < -0.39 is 4.92 Å². The predicted molar refractivity (Wildman–Crippen MR) is 80.2 cm³/mol. The Balaban J connectivity index is 2.24. The highest BCUT2D eigenvalue weighted by Crippen LogP contribution is 2.25. The molecule has 0 amide bonds. The van der Waals surface area contributed by atoms with Crippen molar-refractivity contribution in [3.05, 3.63) is 56.5 Å². The first-order valence-electron chi connectivity index (χ1n) is 5.71. The van der Waals surface area contributed by atoms with Crippen molar-refractivity contribution in [3.63, 3.8) is 0 Å². The molecule has 0 saturated carbocycles. The maximum Gasteiger partial charge on any atom is 0.311 e. The summed E-state index contributed by atoms with van der Waals surface area (Å²) in [5, 5.41) is 13.9. The first-order valence-corrected chi connectivity index (χ1v) is 6.50. The monoisotopic (exact) mass is 337 g/mol. The molecule has 104 valence electrons. The van der Waals surface area contributed by atoms with Crippen LogP contribution in [0.25, 0.3) is 0 Å². The second-order valence-corrected chi connectivity index (χ2v) is 4.76. The van der Waals surface area contributed by atoms with E-state index in [1.165, 1.54) is 12.1 Å². The molecule has 8 heteroatoms. The molecule has 2 aromatic rings. The van der Waals surface area contributed by atoms with Crippen molar-refractivity contribution in [2.45, 2.75) is 6.54 Å². The molecule has 1 heterocycles. The highest BCUT2D eigenvalue weighted by atomic mass is 79.9. The van der Waals surface area contributed by atoms with Crippen molar-refractivity contribution in [3.8, 4) is 0 Å². The molecule has 0 fully saturated rings. The summed E-state index contributed by atoms with van der Waals surface area (Å²) in [6, 6.07) is 10.4. The number of anilines is 2. The summed E-state index contributed by atoms with van der Waals surface area (Å²) in [7, 11) is 0. The molecule has 2 rings (SSSR count). The van der Waals surface area contributed by atoms with Gasteiger partial charge in [0.15, 0.2) is 0 Å². The van der Waals surface area contributed by atoms with Gasteiger partial charge in [0, 0.05) is 17.1 Å². The Morgan fingerprint density at radius 2 is 2.05 bits per heavy atom. The zero-order valence-corrected chi connectivity index (χ0v) is 11.9. The molecule has 7 nitrogen and oxygen atoms in total. The second-order valence-electron chi connectivity index (χ2n) is 3.91.